The molecule has 0 saturated carbocycles. The van der Waals surface area contributed by atoms with Gasteiger partial charge in [-0.05, 0) is 32.4 Å². The summed E-state index contributed by atoms with van der Waals surface area (Å²) in [5, 5.41) is 0. The predicted octanol–water partition coefficient (Wildman–Crippen LogP) is 2.13. The molecule has 0 radical (unpaired) electrons. The van der Waals surface area contributed by atoms with Gasteiger partial charge >= 0.3 is 0 Å². The Kier molecular flexibility index (Phi) is 4.71. The lowest BCUT2D eigenvalue weighted by molar-refractivity contribution is 0.257. The molecule has 0 fully saturated rings. The summed E-state index contributed by atoms with van der Waals surface area (Å²) in [5.74, 6) is 0. The molecule has 1 rings (SSSR count). The van der Waals surface area contributed by atoms with Crippen molar-refractivity contribution in [1.29, 1.82) is 0 Å². The molecule has 2 N–H and O–H groups in total. The fourth-order valence-corrected chi connectivity index (χ4v) is 3.21. The zero-order valence-corrected chi connectivity index (χ0v) is 13.3. The molecule has 0 spiro atoms. The molecule has 0 atom stereocenters. The lowest BCUT2D eigenvalue weighted by Gasteiger charge is -2.33. The largest absolute Gasteiger partial charge is 0.389 e. The van der Waals surface area contributed by atoms with Gasteiger partial charge < -0.3 is 5.73 Å². The molecule has 106 valence electrons. The third kappa shape index (κ3) is 3.32. The van der Waals surface area contributed by atoms with Crippen molar-refractivity contribution in [3.8, 4) is 0 Å². The molecule has 0 aliphatic heterocycles. The highest BCUT2D eigenvalue weighted by Gasteiger charge is 2.32. The third-order valence-electron chi connectivity index (χ3n) is 3.51. The SMILES string of the molecule is CCC(C)(C)N(C)S(=O)(=O)c1ccc(C(N)=S)cc1. The minimum atomic E-state index is -3.50. The molecule has 19 heavy (non-hydrogen) atoms. The van der Waals surface area contributed by atoms with Gasteiger partial charge in [0.05, 0.1) is 4.90 Å². The van der Waals surface area contributed by atoms with Gasteiger partial charge in [-0.3, -0.25) is 0 Å². The number of nitrogens with zero attached hydrogens (tertiary/aromatic N) is 1. The van der Waals surface area contributed by atoms with Gasteiger partial charge in [-0.2, -0.15) is 4.31 Å². The first kappa shape index (κ1) is 16.1. The van der Waals surface area contributed by atoms with Crippen LogP contribution in [0.4, 0.5) is 0 Å². The summed E-state index contributed by atoms with van der Waals surface area (Å²) in [5.41, 5.74) is 5.72. The number of nitrogens with two attached hydrogens (primary N) is 1. The molecule has 0 aliphatic rings. The summed E-state index contributed by atoms with van der Waals surface area (Å²) in [6.45, 7) is 5.75. The number of rotatable bonds is 5. The lowest BCUT2D eigenvalue weighted by atomic mass is 10.0. The summed E-state index contributed by atoms with van der Waals surface area (Å²) < 4.78 is 26.4. The molecule has 0 saturated heterocycles. The molecular formula is C13H20N2O2S2. The number of hydrogen-bond donors (Lipinski definition) is 1. The molecule has 0 amide bonds. The summed E-state index contributed by atoms with van der Waals surface area (Å²) in [4.78, 5) is 0.503. The van der Waals surface area contributed by atoms with E-state index < -0.39 is 15.6 Å². The van der Waals surface area contributed by atoms with E-state index in [0.717, 1.165) is 6.42 Å². The van der Waals surface area contributed by atoms with E-state index in [9.17, 15) is 8.42 Å². The molecule has 6 heteroatoms. The van der Waals surface area contributed by atoms with E-state index in [4.69, 9.17) is 18.0 Å². The van der Waals surface area contributed by atoms with Crippen molar-refractivity contribution in [3.63, 3.8) is 0 Å². The van der Waals surface area contributed by atoms with Crippen molar-refractivity contribution < 1.29 is 8.42 Å². The Hall–Kier alpha value is -0.980. The van der Waals surface area contributed by atoms with Crippen molar-refractivity contribution in [2.24, 2.45) is 5.73 Å². The van der Waals surface area contributed by atoms with Crippen LogP contribution in [0, 0.1) is 0 Å². The maximum Gasteiger partial charge on any atom is 0.243 e. The number of benzene rings is 1. The molecule has 1 aromatic rings. The van der Waals surface area contributed by atoms with Gasteiger partial charge in [0.2, 0.25) is 10.0 Å². The molecule has 0 aromatic heterocycles. The maximum atomic E-state index is 12.5. The van der Waals surface area contributed by atoms with Crippen molar-refractivity contribution in [2.75, 3.05) is 7.05 Å². The van der Waals surface area contributed by atoms with Crippen molar-refractivity contribution in [1.82, 2.24) is 4.31 Å². The summed E-state index contributed by atoms with van der Waals surface area (Å²) in [6.07, 6.45) is 0.730. The van der Waals surface area contributed by atoms with E-state index in [1.165, 1.54) is 16.4 Å². The van der Waals surface area contributed by atoms with Gasteiger partial charge in [-0.15, -0.1) is 0 Å². The molecule has 4 nitrogen and oxygen atoms in total. The van der Waals surface area contributed by atoms with Gasteiger partial charge in [0.25, 0.3) is 0 Å². The smallest absolute Gasteiger partial charge is 0.243 e. The Labute approximate surface area is 120 Å². The minimum Gasteiger partial charge on any atom is -0.389 e. The standard InChI is InChI=1S/C13H20N2O2S2/c1-5-13(2,3)15(4)19(16,17)11-8-6-10(7-9-11)12(14)18/h6-9H,5H2,1-4H3,(H2,14,18). The second-order valence-corrected chi connectivity index (χ2v) is 7.44. The number of thiocarbonyl (C=S) groups is 1. The van der Waals surface area contributed by atoms with E-state index in [-0.39, 0.29) is 9.88 Å². The molecule has 1 aromatic carbocycles. The lowest BCUT2D eigenvalue weighted by Crippen LogP contribution is -2.44. The Morgan fingerprint density at radius 2 is 1.79 bits per heavy atom. The molecule has 0 unspecified atom stereocenters. The van der Waals surface area contributed by atoms with Gasteiger partial charge in [0, 0.05) is 18.2 Å². The first-order valence-electron chi connectivity index (χ1n) is 6.02. The predicted molar refractivity (Wildman–Crippen MR) is 81.6 cm³/mol. The Morgan fingerprint density at radius 3 is 2.16 bits per heavy atom. The van der Waals surface area contributed by atoms with E-state index in [0.29, 0.717) is 5.56 Å². The van der Waals surface area contributed by atoms with Gasteiger partial charge in [0.1, 0.15) is 4.99 Å². The first-order valence-corrected chi connectivity index (χ1v) is 7.86. The Morgan fingerprint density at radius 1 is 1.32 bits per heavy atom. The fourth-order valence-electron chi connectivity index (χ4n) is 1.50. The Bertz CT molecular complexity index is 563. The first-order chi connectivity index (χ1) is 8.63. The Balaban J connectivity index is 3.17. The normalized spacial score (nSPS) is 12.7. The van der Waals surface area contributed by atoms with E-state index in [1.54, 1.807) is 19.2 Å². The topological polar surface area (TPSA) is 63.4 Å². The highest BCUT2D eigenvalue weighted by Crippen LogP contribution is 2.25. The second kappa shape index (κ2) is 5.56. The van der Waals surface area contributed by atoms with E-state index >= 15 is 0 Å². The van der Waals surface area contributed by atoms with Crippen LogP contribution in [0.3, 0.4) is 0 Å². The molecule has 0 bridgehead atoms. The molecule has 0 aliphatic carbocycles. The fraction of sp³-hybridized carbons (Fsp3) is 0.462. The monoisotopic (exact) mass is 300 g/mol. The van der Waals surface area contributed by atoms with Crippen LogP contribution in [0.25, 0.3) is 0 Å². The van der Waals surface area contributed by atoms with Gasteiger partial charge in [-0.1, -0.05) is 31.3 Å². The van der Waals surface area contributed by atoms with E-state index in [1.807, 2.05) is 20.8 Å². The summed E-state index contributed by atoms with van der Waals surface area (Å²) in [6, 6.07) is 6.32. The quantitative estimate of drug-likeness (QED) is 0.846. The van der Waals surface area contributed by atoms with Crippen LogP contribution in [0.2, 0.25) is 0 Å². The molecule has 0 heterocycles. The highest BCUT2D eigenvalue weighted by atomic mass is 32.2. The van der Waals surface area contributed by atoms with Crippen molar-refractivity contribution >= 4 is 27.2 Å². The van der Waals surface area contributed by atoms with Crippen LogP contribution in [0.15, 0.2) is 29.2 Å². The van der Waals surface area contributed by atoms with Crippen molar-refractivity contribution in [2.45, 2.75) is 37.6 Å². The average molecular weight is 300 g/mol. The van der Waals surface area contributed by atoms with Crippen molar-refractivity contribution in [3.05, 3.63) is 29.8 Å². The third-order valence-corrected chi connectivity index (χ3v) is 5.83. The average Bonchev–Trinajstić information content (AvgIpc) is 2.37. The summed E-state index contributed by atoms with van der Waals surface area (Å²) >= 11 is 4.85. The maximum absolute atomic E-state index is 12.5. The van der Waals surface area contributed by atoms with Crippen LogP contribution < -0.4 is 5.73 Å². The second-order valence-electron chi connectivity index (χ2n) is 5.03. The van der Waals surface area contributed by atoms with E-state index in [2.05, 4.69) is 0 Å². The number of hydrogen-bond acceptors (Lipinski definition) is 3. The van der Waals surface area contributed by atoms with Crippen LogP contribution >= 0.6 is 12.2 Å². The van der Waals surface area contributed by atoms with Crippen LogP contribution in [0.5, 0.6) is 0 Å². The zero-order valence-electron chi connectivity index (χ0n) is 11.7. The number of sulfonamides is 1. The summed E-state index contributed by atoms with van der Waals surface area (Å²) in [7, 11) is -1.90. The van der Waals surface area contributed by atoms with Crippen LogP contribution in [-0.2, 0) is 10.0 Å². The minimum absolute atomic E-state index is 0.247. The van der Waals surface area contributed by atoms with Crippen LogP contribution in [0.1, 0.15) is 32.8 Å². The molecular weight excluding hydrogens is 280 g/mol. The van der Waals surface area contributed by atoms with Gasteiger partial charge in [0.15, 0.2) is 0 Å². The van der Waals surface area contributed by atoms with Gasteiger partial charge in [-0.25, -0.2) is 8.42 Å². The highest BCUT2D eigenvalue weighted by molar-refractivity contribution is 7.89. The van der Waals surface area contributed by atoms with Crippen LogP contribution in [-0.4, -0.2) is 30.3 Å². The zero-order chi connectivity index (χ0) is 14.8.